The van der Waals surface area contributed by atoms with E-state index in [1.807, 2.05) is 25.7 Å². The van der Waals surface area contributed by atoms with Crippen molar-refractivity contribution >= 4 is 6.09 Å². The summed E-state index contributed by atoms with van der Waals surface area (Å²) in [5.74, 6) is 0.592. The van der Waals surface area contributed by atoms with Gasteiger partial charge in [0.15, 0.2) is 0 Å². The minimum Gasteiger partial charge on any atom is -0.444 e. The molecular formula is C15H28N2O2. The highest BCUT2D eigenvalue weighted by atomic mass is 16.6. The first-order valence-corrected chi connectivity index (χ1v) is 7.58. The van der Waals surface area contributed by atoms with Gasteiger partial charge in [-0.05, 0) is 39.5 Å². The van der Waals surface area contributed by atoms with Crippen LogP contribution in [0.5, 0.6) is 0 Å². The molecule has 0 aromatic carbocycles. The standard InChI is InChI=1S/C15H28N2O2/c1-6-10(2)13-12-8-7-11(9-16-13)17(12)14(18)19-15(3,4)5/h10-13,16H,6-9H2,1-5H3/t10-,11+,12-,13+/m0/s1. The predicted molar refractivity (Wildman–Crippen MR) is 76.1 cm³/mol. The smallest absolute Gasteiger partial charge is 0.410 e. The van der Waals surface area contributed by atoms with E-state index in [2.05, 4.69) is 19.2 Å². The van der Waals surface area contributed by atoms with Crippen molar-refractivity contribution in [2.75, 3.05) is 6.54 Å². The Kier molecular flexibility index (Phi) is 4.09. The number of hydrogen-bond donors (Lipinski definition) is 1. The molecule has 19 heavy (non-hydrogen) atoms. The monoisotopic (exact) mass is 268 g/mol. The molecule has 2 fully saturated rings. The summed E-state index contributed by atoms with van der Waals surface area (Å²) in [6.07, 6.45) is 3.21. The van der Waals surface area contributed by atoms with Crippen molar-refractivity contribution in [1.82, 2.24) is 10.2 Å². The van der Waals surface area contributed by atoms with Crippen LogP contribution >= 0.6 is 0 Å². The lowest BCUT2D eigenvalue weighted by Gasteiger charge is -2.43. The van der Waals surface area contributed by atoms with E-state index in [-0.39, 0.29) is 6.09 Å². The summed E-state index contributed by atoms with van der Waals surface area (Å²) in [7, 11) is 0. The Hall–Kier alpha value is -0.770. The highest BCUT2D eigenvalue weighted by Crippen LogP contribution is 2.34. The van der Waals surface area contributed by atoms with Crippen molar-refractivity contribution < 1.29 is 9.53 Å². The van der Waals surface area contributed by atoms with Gasteiger partial charge in [0, 0.05) is 18.6 Å². The molecule has 1 amide bonds. The van der Waals surface area contributed by atoms with E-state index in [0.717, 1.165) is 25.8 Å². The number of nitrogens with one attached hydrogen (secondary N) is 1. The Morgan fingerprint density at radius 3 is 2.68 bits per heavy atom. The fourth-order valence-corrected chi connectivity index (χ4v) is 3.31. The molecule has 4 heteroatoms. The van der Waals surface area contributed by atoms with Gasteiger partial charge in [0.1, 0.15) is 5.60 Å². The summed E-state index contributed by atoms with van der Waals surface area (Å²) in [5.41, 5.74) is -0.409. The number of nitrogens with zero attached hydrogens (tertiary/aromatic N) is 1. The zero-order valence-corrected chi connectivity index (χ0v) is 12.9. The molecule has 0 unspecified atom stereocenters. The molecule has 0 spiro atoms. The van der Waals surface area contributed by atoms with E-state index in [9.17, 15) is 4.79 Å². The fraction of sp³-hybridized carbons (Fsp3) is 0.933. The Morgan fingerprint density at radius 1 is 1.42 bits per heavy atom. The van der Waals surface area contributed by atoms with Crippen LogP contribution in [0.2, 0.25) is 0 Å². The van der Waals surface area contributed by atoms with Crippen molar-refractivity contribution in [2.45, 2.75) is 77.6 Å². The maximum absolute atomic E-state index is 12.4. The molecule has 2 rings (SSSR count). The average Bonchev–Trinajstić information content (AvgIpc) is 2.61. The van der Waals surface area contributed by atoms with E-state index < -0.39 is 5.60 Å². The van der Waals surface area contributed by atoms with Gasteiger partial charge in [-0.2, -0.15) is 0 Å². The second kappa shape index (κ2) is 5.31. The Morgan fingerprint density at radius 2 is 2.11 bits per heavy atom. The normalized spacial score (nSPS) is 32.3. The SMILES string of the molecule is CC[C@H](C)[C@H]1NC[C@H]2CC[C@@H]1N2C(=O)OC(C)(C)C. The maximum Gasteiger partial charge on any atom is 0.410 e. The largest absolute Gasteiger partial charge is 0.444 e. The van der Waals surface area contributed by atoms with Gasteiger partial charge in [-0.25, -0.2) is 4.79 Å². The van der Waals surface area contributed by atoms with Crippen LogP contribution in [0, 0.1) is 5.92 Å². The molecule has 4 atom stereocenters. The highest BCUT2D eigenvalue weighted by molar-refractivity contribution is 5.70. The molecular weight excluding hydrogens is 240 g/mol. The molecule has 0 aliphatic carbocycles. The lowest BCUT2D eigenvalue weighted by Crippen LogP contribution is -2.62. The molecule has 0 aromatic rings. The lowest BCUT2D eigenvalue weighted by atomic mass is 9.91. The Balaban J connectivity index is 2.10. The van der Waals surface area contributed by atoms with Gasteiger partial charge >= 0.3 is 6.09 Å². The van der Waals surface area contributed by atoms with Crippen LogP contribution in [0.15, 0.2) is 0 Å². The number of hydrogen-bond acceptors (Lipinski definition) is 3. The second-order valence-electron chi connectivity index (χ2n) is 7.01. The van der Waals surface area contributed by atoms with Crippen LogP contribution in [-0.4, -0.2) is 41.3 Å². The van der Waals surface area contributed by atoms with Gasteiger partial charge in [-0.15, -0.1) is 0 Å². The van der Waals surface area contributed by atoms with Gasteiger partial charge < -0.3 is 10.1 Å². The third kappa shape index (κ3) is 3.04. The molecule has 2 saturated heterocycles. The van der Waals surface area contributed by atoms with E-state index >= 15 is 0 Å². The molecule has 0 radical (unpaired) electrons. The number of rotatable bonds is 2. The van der Waals surface area contributed by atoms with E-state index in [4.69, 9.17) is 4.74 Å². The van der Waals surface area contributed by atoms with Crippen molar-refractivity contribution in [3.63, 3.8) is 0 Å². The van der Waals surface area contributed by atoms with Gasteiger partial charge in [0.2, 0.25) is 0 Å². The van der Waals surface area contributed by atoms with Crippen LogP contribution in [-0.2, 0) is 4.74 Å². The predicted octanol–water partition coefficient (Wildman–Crippen LogP) is 2.77. The third-order valence-electron chi connectivity index (χ3n) is 4.41. The molecule has 110 valence electrons. The summed E-state index contributed by atoms with van der Waals surface area (Å²) in [4.78, 5) is 14.4. The maximum atomic E-state index is 12.4. The van der Waals surface area contributed by atoms with Crippen LogP contribution in [0.25, 0.3) is 0 Å². The first-order valence-electron chi connectivity index (χ1n) is 7.58. The first-order chi connectivity index (χ1) is 8.83. The first kappa shape index (κ1) is 14.6. The molecule has 0 saturated carbocycles. The van der Waals surface area contributed by atoms with Crippen molar-refractivity contribution in [3.05, 3.63) is 0 Å². The number of ether oxygens (including phenoxy) is 1. The van der Waals surface area contributed by atoms with Gasteiger partial charge in [-0.3, -0.25) is 4.90 Å². The van der Waals surface area contributed by atoms with Gasteiger partial charge in [0.05, 0.1) is 6.04 Å². The molecule has 4 nitrogen and oxygen atoms in total. The number of amides is 1. The number of piperazine rings is 1. The molecule has 2 aliphatic heterocycles. The third-order valence-corrected chi connectivity index (χ3v) is 4.41. The summed E-state index contributed by atoms with van der Waals surface area (Å²) >= 11 is 0. The van der Waals surface area contributed by atoms with Crippen LogP contribution in [0.3, 0.4) is 0 Å². The topological polar surface area (TPSA) is 41.6 Å². The molecule has 2 aliphatic rings. The minimum atomic E-state index is -0.409. The average molecular weight is 268 g/mol. The van der Waals surface area contributed by atoms with Crippen LogP contribution < -0.4 is 5.32 Å². The Bertz CT molecular complexity index is 338. The minimum absolute atomic E-state index is 0.130. The van der Waals surface area contributed by atoms with E-state index in [1.165, 1.54) is 0 Å². The quantitative estimate of drug-likeness (QED) is 0.837. The molecule has 2 heterocycles. The van der Waals surface area contributed by atoms with Gasteiger partial charge in [-0.1, -0.05) is 20.3 Å². The summed E-state index contributed by atoms with van der Waals surface area (Å²) in [6, 6.07) is 1.04. The molecule has 2 bridgehead atoms. The molecule has 0 aromatic heterocycles. The number of carbonyl (C=O) groups excluding carboxylic acids is 1. The van der Waals surface area contributed by atoms with Crippen LogP contribution in [0.4, 0.5) is 4.79 Å². The summed E-state index contributed by atoms with van der Waals surface area (Å²) in [5, 5.41) is 3.63. The lowest BCUT2D eigenvalue weighted by molar-refractivity contribution is 0.000510. The fourth-order valence-electron chi connectivity index (χ4n) is 3.31. The van der Waals surface area contributed by atoms with E-state index in [1.54, 1.807) is 0 Å². The van der Waals surface area contributed by atoms with Crippen molar-refractivity contribution in [1.29, 1.82) is 0 Å². The van der Waals surface area contributed by atoms with Crippen molar-refractivity contribution in [2.24, 2.45) is 5.92 Å². The number of carbonyl (C=O) groups is 1. The van der Waals surface area contributed by atoms with Crippen LogP contribution in [0.1, 0.15) is 53.9 Å². The van der Waals surface area contributed by atoms with Gasteiger partial charge in [0.25, 0.3) is 0 Å². The van der Waals surface area contributed by atoms with Crippen molar-refractivity contribution in [3.8, 4) is 0 Å². The second-order valence-corrected chi connectivity index (χ2v) is 7.01. The summed E-state index contributed by atoms with van der Waals surface area (Å²) in [6.45, 7) is 11.2. The summed E-state index contributed by atoms with van der Waals surface area (Å²) < 4.78 is 5.58. The van der Waals surface area contributed by atoms with E-state index in [0.29, 0.717) is 24.0 Å². The zero-order valence-electron chi connectivity index (χ0n) is 12.9. The Labute approximate surface area is 116 Å². The highest BCUT2D eigenvalue weighted by Gasteiger charge is 2.47. The number of fused-ring (bicyclic) bond motifs is 2. The molecule has 1 N–H and O–H groups in total. The zero-order chi connectivity index (χ0) is 14.2.